The SMILES string of the molecule is O=[N+]([O-])c1ccccc1Oc1ccc(Cl)c(Cl)c1. The molecule has 0 unspecified atom stereocenters. The zero-order valence-electron chi connectivity index (χ0n) is 8.97. The Labute approximate surface area is 113 Å². The molecule has 2 aromatic carbocycles. The Morgan fingerprint density at radius 3 is 2.44 bits per heavy atom. The number of ether oxygens (including phenoxy) is 1. The van der Waals surface area contributed by atoms with Gasteiger partial charge in [0.1, 0.15) is 5.75 Å². The molecule has 0 aliphatic rings. The highest BCUT2D eigenvalue weighted by Gasteiger charge is 2.14. The summed E-state index contributed by atoms with van der Waals surface area (Å²) < 4.78 is 5.42. The van der Waals surface area contributed by atoms with Gasteiger partial charge in [0.25, 0.3) is 0 Å². The lowest BCUT2D eigenvalue weighted by Gasteiger charge is -2.06. The van der Waals surface area contributed by atoms with Crippen LogP contribution in [0.3, 0.4) is 0 Å². The first kappa shape index (κ1) is 12.7. The Kier molecular flexibility index (Phi) is 3.69. The first-order valence-corrected chi connectivity index (χ1v) is 5.70. The van der Waals surface area contributed by atoms with Gasteiger partial charge in [-0.15, -0.1) is 0 Å². The molecule has 0 atom stereocenters. The molecule has 0 saturated carbocycles. The average Bonchev–Trinajstić information content (AvgIpc) is 2.34. The van der Waals surface area contributed by atoms with E-state index in [9.17, 15) is 10.1 Å². The zero-order valence-corrected chi connectivity index (χ0v) is 10.5. The molecular formula is C12H7Cl2NO3. The second kappa shape index (κ2) is 5.25. The fourth-order valence-corrected chi connectivity index (χ4v) is 1.65. The van der Waals surface area contributed by atoms with Crippen LogP contribution in [0.5, 0.6) is 11.5 Å². The van der Waals surface area contributed by atoms with E-state index in [0.717, 1.165) is 0 Å². The van der Waals surface area contributed by atoms with Crippen molar-refractivity contribution >= 4 is 28.9 Å². The van der Waals surface area contributed by atoms with E-state index < -0.39 is 4.92 Å². The summed E-state index contributed by atoms with van der Waals surface area (Å²) in [4.78, 5) is 10.3. The van der Waals surface area contributed by atoms with Crippen molar-refractivity contribution < 1.29 is 9.66 Å². The fraction of sp³-hybridized carbons (Fsp3) is 0. The second-order valence-electron chi connectivity index (χ2n) is 3.40. The van der Waals surface area contributed by atoms with Gasteiger partial charge in [0.15, 0.2) is 0 Å². The number of nitro benzene ring substituents is 1. The molecule has 18 heavy (non-hydrogen) atoms. The van der Waals surface area contributed by atoms with E-state index in [4.69, 9.17) is 27.9 Å². The predicted molar refractivity (Wildman–Crippen MR) is 69.6 cm³/mol. The smallest absolute Gasteiger partial charge is 0.311 e. The minimum absolute atomic E-state index is 0.108. The van der Waals surface area contributed by atoms with Crippen molar-refractivity contribution in [3.8, 4) is 11.5 Å². The van der Waals surface area contributed by atoms with Crippen molar-refractivity contribution in [2.75, 3.05) is 0 Å². The van der Waals surface area contributed by atoms with E-state index in [-0.39, 0.29) is 11.4 Å². The summed E-state index contributed by atoms with van der Waals surface area (Å²) in [5.74, 6) is 0.541. The number of hydrogen-bond acceptors (Lipinski definition) is 3. The van der Waals surface area contributed by atoms with E-state index in [1.54, 1.807) is 24.3 Å². The quantitative estimate of drug-likeness (QED) is 0.606. The highest BCUT2D eigenvalue weighted by atomic mass is 35.5. The number of para-hydroxylation sites is 2. The highest BCUT2D eigenvalue weighted by molar-refractivity contribution is 6.42. The Balaban J connectivity index is 2.34. The first-order valence-electron chi connectivity index (χ1n) is 4.94. The van der Waals surface area contributed by atoms with Crippen LogP contribution < -0.4 is 4.74 Å². The summed E-state index contributed by atoms with van der Waals surface area (Å²) in [6.45, 7) is 0. The van der Waals surface area contributed by atoms with E-state index in [1.165, 1.54) is 18.2 Å². The number of nitro groups is 1. The minimum Gasteiger partial charge on any atom is -0.450 e. The van der Waals surface area contributed by atoms with Crippen LogP contribution in [-0.4, -0.2) is 4.92 Å². The number of rotatable bonds is 3. The summed E-state index contributed by atoms with van der Waals surface area (Å²) in [5.41, 5.74) is -0.108. The van der Waals surface area contributed by atoms with Crippen molar-refractivity contribution in [1.29, 1.82) is 0 Å². The number of halogens is 2. The van der Waals surface area contributed by atoms with Gasteiger partial charge < -0.3 is 4.74 Å². The molecule has 0 N–H and O–H groups in total. The van der Waals surface area contributed by atoms with Crippen LogP contribution >= 0.6 is 23.2 Å². The molecule has 6 heteroatoms. The molecule has 4 nitrogen and oxygen atoms in total. The summed E-state index contributed by atoms with van der Waals surface area (Å²) in [7, 11) is 0. The summed E-state index contributed by atoms with van der Waals surface area (Å²) >= 11 is 11.6. The summed E-state index contributed by atoms with van der Waals surface area (Å²) in [6.07, 6.45) is 0. The van der Waals surface area contributed by atoms with Crippen LogP contribution in [0.2, 0.25) is 10.0 Å². The molecule has 2 aromatic rings. The molecule has 0 aromatic heterocycles. The maximum absolute atomic E-state index is 10.8. The molecular weight excluding hydrogens is 277 g/mol. The third kappa shape index (κ3) is 2.72. The molecule has 0 heterocycles. The number of nitrogens with zero attached hydrogens (tertiary/aromatic N) is 1. The molecule has 0 spiro atoms. The highest BCUT2D eigenvalue weighted by Crippen LogP contribution is 2.33. The van der Waals surface area contributed by atoms with E-state index >= 15 is 0 Å². The summed E-state index contributed by atoms with van der Waals surface area (Å²) in [5, 5.41) is 11.5. The van der Waals surface area contributed by atoms with Gasteiger partial charge in [-0.2, -0.15) is 0 Å². The summed E-state index contributed by atoms with van der Waals surface area (Å²) in [6, 6.07) is 10.8. The number of benzene rings is 2. The van der Waals surface area contributed by atoms with Gasteiger partial charge in [-0.3, -0.25) is 10.1 Å². The van der Waals surface area contributed by atoms with Crippen LogP contribution in [0.4, 0.5) is 5.69 Å². The third-order valence-corrected chi connectivity index (χ3v) is 2.92. The van der Waals surface area contributed by atoms with Crippen LogP contribution in [-0.2, 0) is 0 Å². The Bertz CT molecular complexity index is 602. The Morgan fingerprint density at radius 2 is 1.78 bits per heavy atom. The number of hydrogen-bond donors (Lipinski definition) is 0. The average molecular weight is 284 g/mol. The maximum Gasteiger partial charge on any atom is 0.311 e. The zero-order chi connectivity index (χ0) is 13.1. The predicted octanol–water partition coefficient (Wildman–Crippen LogP) is 4.69. The van der Waals surface area contributed by atoms with Crippen molar-refractivity contribution in [1.82, 2.24) is 0 Å². The molecule has 0 saturated heterocycles. The van der Waals surface area contributed by atoms with Crippen LogP contribution in [0.1, 0.15) is 0 Å². The maximum atomic E-state index is 10.8. The van der Waals surface area contributed by atoms with Gasteiger partial charge in [0.2, 0.25) is 5.75 Å². The lowest BCUT2D eigenvalue weighted by molar-refractivity contribution is -0.385. The largest absolute Gasteiger partial charge is 0.450 e. The molecule has 0 fully saturated rings. The van der Waals surface area contributed by atoms with Crippen molar-refractivity contribution in [2.24, 2.45) is 0 Å². The first-order chi connectivity index (χ1) is 8.58. The van der Waals surface area contributed by atoms with E-state index in [2.05, 4.69) is 0 Å². The van der Waals surface area contributed by atoms with Crippen molar-refractivity contribution in [2.45, 2.75) is 0 Å². The van der Waals surface area contributed by atoms with Gasteiger partial charge in [-0.25, -0.2) is 0 Å². The van der Waals surface area contributed by atoms with Crippen molar-refractivity contribution in [3.05, 3.63) is 62.6 Å². The van der Waals surface area contributed by atoms with Gasteiger partial charge >= 0.3 is 5.69 Å². The minimum atomic E-state index is -0.507. The standard InChI is InChI=1S/C12H7Cl2NO3/c13-9-6-5-8(7-10(9)14)18-12-4-2-1-3-11(12)15(16)17/h1-7H. The molecule has 0 aliphatic heterocycles. The monoisotopic (exact) mass is 283 g/mol. The van der Waals surface area contributed by atoms with Crippen LogP contribution in [0.15, 0.2) is 42.5 Å². The van der Waals surface area contributed by atoms with Gasteiger partial charge in [-0.05, 0) is 18.2 Å². The van der Waals surface area contributed by atoms with E-state index in [1.807, 2.05) is 0 Å². The molecule has 2 rings (SSSR count). The van der Waals surface area contributed by atoms with E-state index in [0.29, 0.717) is 15.8 Å². The topological polar surface area (TPSA) is 52.4 Å². The lowest BCUT2D eigenvalue weighted by Crippen LogP contribution is -1.92. The third-order valence-electron chi connectivity index (χ3n) is 2.18. The lowest BCUT2D eigenvalue weighted by atomic mass is 10.3. The van der Waals surface area contributed by atoms with Gasteiger partial charge in [-0.1, -0.05) is 35.3 Å². The molecule has 0 bridgehead atoms. The second-order valence-corrected chi connectivity index (χ2v) is 4.22. The van der Waals surface area contributed by atoms with Crippen molar-refractivity contribution in [3.63, 3.8) is 0 Å². The Morgan fingerprint density at radius 1 is 1.06 bits per heavy atom. The van der Waals surface area contributed by atoms with Gasteiger partial charge in [0, 0.05) is 12.1 Å². The molecule has 0 radical (unpaired) electrons. The van der Waals surface area contributed by atoms with Crippen LogP contribution in [0, 0.1) is 10.1 Å². The Hall–Kier alpha value is -1.78. The molecule has 92 valence electrons. The van der Waals surface area contributed by atoms with Crippen LogP contribution in [0.25, 0.3) is 0 Å². The molecule has 0 amide bonds. The fourth-order valence-electron chi connectivity index (χ4n) is 1.36. The molecule has 0 aliphatic carbocycles. The normalized spacial score (nSPS) is 10.1. The van der Waals surface area contributed by atoms with Gasteiger partial charge in [0.05, 0.1) is 15.0 Å².